The molecular formula is C18H19N5O2S2. The van der Waals surface area contributed by atoms with Gasteiger partial charge in [-0.2, -0.15) is 10.5 Å². The highest BCUT2D eigenvalue weighted by molar-refractivity contribution is 7.14. The lowest BCUT2D eigenvalue weighted by atomic mass is 10.2. The molecule has 2 aromatic heterocycles. The Bertz CT molecular complexity index is 822. The maximum absolute atomic E-state index is 12.4. The van der Waals surface area contributed by atoms with E-state index in [0.717, 1.165) is 6.42 Å². The van der Waals surface area contributed by atoms with E-state index in [1.54, 1.807) is 27.8 Å². The lowest BCUT2D eigenvalue weighted by Crippen LogP contribution is -2.43. The molecule has 2 N–H and O–H groups in total. The van der Waals surface area contributed by atoms with Gasteiger partial charge in [0.15, 0.2) is 0 Å². The Morgan fingerprint density at radius 1 is 1.04 bits per heavy atom. The van der Waals surface area contributed by atoms with Crippen LogP contribution < -0.4 is 10.6 Å². The van der Waals surface area contributed by atoms with Gasteiger partial charge in [-0.05, 0) is 36.2 Å². The number of carbonyl (C=O) groups is 2. The third-order valence-electron chi connectivity index (χ3n) is 3.98. The summed E-state index contributed by atoms with van der Waals surface area (Å²) in [5.41, 5.74) is 0.839. The maximum Gasteiger partial charge on any atom is 0.239 e. The predicted octanol–water partition coefficient (Wildman–Crippen LogP) is 3.23. The van der Waals surface area contributed by atoms with Gasteiger partial charge in [0.05, 0.1) is 24.2 Å². The van der Waals surface area contributed by atoms with Crippen LogP contribution in [0.15, 0.2) is 22.9 Å². The molecule has 0 saturated carbocycles. The standard InChI is InChI=1S/C18H19N5O2S2/c1-3-12(2)23(10-15(24)21-17-13(8-19)4-6-26-17)11-16(25)22-18-14(9-20)5-7-27-18/h4-7,12H,3,10-11H2,1-2H3,(H,21,24)(H,22,25)/t12-/m1/s1. The average molecular weight is 402 g/mol. The van der Waals surface area contributed by atoms with Crippen LogP contribution in [0.5, 0.6) is 0 Å². The zero-order chi connectivity index (χ0) is 19.8. The molecule has 140 valence electrons. The third-order valence-corrected chi connectivity index (χ3v) is 5.64. The molecule has 0 aliphatic rings. The topological polar surface area (TPSA) is 109 Å². The molecule has 7 nitrogen and oxygen atoms in total. The summed E-state index contributed by atoms with van der Waals surface area (Å²) in [5, 5.41) is 28.0. The van der Waals surface area contributed by atoms with Crippen molar-refractivity contribution < 1.29 is 9.59 Å². The Balaban J connectivity index is 2.00. The van der Waals surface area contributed by atoms with E-state index in [-0.39, 0.29) is 30.9 Å². The minimum absolute atomic E-state index is 0.0130. The molecule has 0 fully saturated rings. The van der Waals surface area contributed by atoms with Gasteiger partial charge in [-0.3, -0.25) is 14.5 Å². The van der Waals surface area contributed by atoms with E-state index in [1.807, 2.05) is 26.0 Å². The average Bonchev–Trinajstić information content (AvgIpc) is 3.28. The third kappa shape index (κ3) is 5.63. The van der Waals surface area contributed by atoms with Crippen LogP contribution >= 0.6 is 22.7 Å². The summed E-state index contributed by atoms with van der Waals surface area (Å²) in [5.74, 6) is -0.563. The van der Waals surface area contributed by atoms with Gasteiger partial charge >= 0.3 is 0 Å². The number of amides is 2. The monoisotopic (exact) mass is 401 g/mol. The molecule has 9 heteroatoms. The summed E-state index contributed by atoms with van der Waals surface area (Å²) >= 11 is 2.57. The van der Waals surface area contributed by atoms with Gasteiger partial charge in [0.1, 0.15) is 22.1 Å². The lowest BCUT2D eigenvalue weighted by Gasteiger charge is -2.27. The van der Waals surface area contributed by atoms with Crippen LogP contribution in [0.2, 0.25) is 0 Å². The summed E-state index contributed by atoms with van der Waals surface area (Å²) in [6.07, 6.45) is 0.769. The molecule has 1 atom stereocenters. The molecule has 2 amide bonds. The van der Waals surface area contributed by atoms with Crippen molar-refractivity contribution in [2.24, 2.45) is 0 Å². The van der Waals surface area contributed by atoms with Gasteiger partial charge in [0.2, 0.25) is 11.8 Å². The minimum atomic E-state index is -0.282. The van der Waals surface area contributed by atoms with Crippen LogP contribution in [0.4, 0.5) is 10.0 Å². The van der Waals surface area contributed by atoms with Gasteiger partial charge in [0.25, 0.3) is 0 Å². The van der Waals surface area contributed by atoms with Crippen molar-refractivity contribution in [3.05, 3.63) is 34.0 Å². The number of rotatable bonds is 8. The molecule has 0 aromatic carbocycles. The lowest BCUT2D eigenvalue weighted by molar-refractivity contribution is -0.120. The Labute approximate surface area is 165 Å². The largest absolute Gasteiger partial charge is 0.315 e. The van der Waals surface area contributed by atoms with Crippen molar-refractivity contribution in [1.82, 2.24) is 4.90 Å². The van der Waals surface area contributed by atoms with Crippen LogP contribution in [-0.2, 0) is 9.59 Å². The fraction of sp³-hybridized carbons (Fsp3) is 0.333. The molecule has 0 unspecified atom stereocenters. The second-order valence-corrected chi connectivity index (χ2v) is 7.64. The van der Waals surface area contributed by atoms with E-state index in [0.29, 0.717) is 21.1 Å². The number of anilines is 2. The molecule has 0 radical (unpaired) electrons. The highest BCUT2D eigenvalue weighted by Crippen LogP contribution is 2.23. The molecule has 0 bridgehead atoms. The van der Waals surface area contributed by atoms with Crippen LogP contribution in [0.25, 0.3) is 0 Å². The van der Waals surface area contributed by atoms with E-state index in [9.17, 15) is 9.59 Å². The smallest absolute Gasteiger partial charge is 0.239 e. The van der Waals surface area contributed by atoms with Crippen molar-refractivity contribution in [3.63, 3.8) is 0 Å². The van der Waals surface area contributed by atoms with Crippen molar-refractivity contribution in [2.45, 2.75) is 26.3 Å². The molecule has 2 heterocycles. The molecule has 2 rings (SSSR count). The van der Waals surface area contributed by atoms with Crippen LogP contribution in [0, 0.1) is 22.7 Å². The van der Waals surface area contributed by atoms with E-state index in [2.05, 4.69) is 10.6 Å². The van der Waals surface area contributed by atoms with Crippen LogP contribution in [-0.4, -0.2) is 35.8 Å². The van der Waals surface area contributed by atoms with Crippen LogP contribution in [0.3, 0.4) is 0 Å². The molecule has 0 saturated heterocycles. The summed E-state index contributed by atoms with van der Waals surface area (Å²) in [6.45, 7) is 3.98. The fourth-order valence-electron chi connectivity index (χ4n) is 2.32. The summed E-state index contributed by atoms with van der Waals surface area (Å²) in [6, 6.07) is 7.36. The maximum atomic E-state index is 12.4. The first-order chi connectivity index (χ1) is 13.0. The summed E-state index contributed by atoms with van der Waals surface area (Å²) in [4.78, 5) is 26.5. The Morgan fingerprint density at radius 3 is 1.85 bits per heavy atom. The highest BCUT2D eigenvalue weighted by atomic mass is 32.1. The summed E-state index contributed by atoms with van der Waals surface area (Å²) in [7, 11) is 0. The normalized spacial score (nSPS) is 11.4. The number of hydrogen-bond acceptors (Lipinski definition) is 7. The first kappa shape index (κ1) is 20.6. The van der Waals surface area contributed by atoms with Gasteiger partial charge < -0.3 is 10.6 Å². The first-order valence-electron chi connectivity index (χ1n) is 8.27. The van der Waals surface area contributed by atoms with Crippen molar-refractivity contribution in [2.75, 3.05) is 23.7 Å². The molecule has 27 heavy (non-hydrogen) atoms. The zero-order valence-electron chi connectivity index (χ0n) is 15.0. The Hall–Kier alpha value is -2.72. The number of nitrogens with one attached hydrogen (secondary N) is 2. The predicted molar refractivity (Wildman–Crippen MR) is 107 cm³/mol. The van der Waals surface area contributed by atoms with Gasteiger partial charge in [-0.1, -0.05) is 6.92 Å². The van der Waals surface area contributed by atoms with E-state index in [1.165, 1.54) is 22.7 Å². The number of thiophene rings is 2. The first-order valence-corrected chi connectivity index (χ1v) is 10.0. The number of carbonyl (C=O) groups excluding carboxylic acids is 2. The van der Waals surface area contributed by atoms with Gasteiger partial charge in [0, 0.05) is 6.04 Å². The van der Waals surface area contributed by atoms with Crippen molar-refractivity contribution in [1.29, 1.82) is 10.5 Å². The van der Waals surface area contributed by atoms with E-state index in [4.69, 9.17) is 10.5 Å². The Morgan fingerprint density at radius 2 is 1.48 bits per heavy atom. The minimum Gasteiger partial charge on any atom is -0.315 e. The number of nitriles is 2. The zero-order valence-corrected chi connectivity index (χ0v) is 16.6. The second kappa shape index (κ2) is 9.83. The quantitative estimate of drug-likeness (QED) is 0.706. The molecular weight excluding hydrogens is 382 g/mol. The van der Waals surface area contributed by atoms with E-state index >= 15 is 0 Å². The van der Waals surface area contributed by atoms with Crippen molar-refractivity contribution >= 4 is 44.5 Å². The van der Waals surface area contributed by atoms with Gasteiger partial charge in [-0.25, -0.2) is 0 Å². The second-order valence-electron chi connectivity index (χ2n) is 5.81. The van der Waals surface area contributed by atoms with E-state index < -0.39 is 0 Å². The number of nitrogens with zero attached hydrogens (tertiary/aromatic N) is 3. The SMILES string of the molecule is CC[C@@H](C)N(CC(=O)Nc1sccc1C#N)CC(=O)Nc1sccc1C#N. The highest BCUT2D eigenvalue weighted by Gasteiger charge is 2.21. The van der Waals surface area contributed by atoms with Gasteiger partial charge in [-0.15, -0.1) is 22.7 Å². The molecule has 0 spiro atoms. The van der Waals surface area contributed by atoms with Crippen LogP contribution in [0.1, 0.15) is 31.4 Å². The number of hydrogen-bond donors (Lipinski definition) is 2. The summed E-state index contributed by atoms with van der Waals surface area (Å²) < 4.78 is 0. The Kier molecular flexibility index (Phi) is 7.50. The fourth-order valence-corrected chi connectivity index (χ4v) is 3.82. The molecule has 0 aliphatic heterocycles. The molecule has 0 aliphatic carbocycles. The molecule has 2 aromatic rings. The van der Waals surface area contributed by atoms with Crippen molar-refractivity contribution in [3.8, 4) is 12.1 Å².